The second kappa shape index (κ2) is 9.00. The Kier molecular flexibility index (Phi) is 11.0. The molecule has 0 saturated carbocycles. The van der Waals surface area contributed by atoms with Gasteiger partial charge in [-0.3, -0.25) is 0 Å². The molecule has 0 heterocycles. The van der Waals surface area contributed by atoms with Crippen LogP contribution in [0, 0.1) is 0 Å². The van der Waals surface area contributed by atoms with Gasteiger partial charge in [-0.05, 0) is 0 Å². The molecule has 4 heteroatoms. The van der Waals surface area contributed by atoms with Crippen molar-refractivity contribution in [2.45, 2.75) is 32.8 Å². The summed E-state index contributed by atoms with van der Waals surface area (Å²) >= 11 is 2.19. The number of ether oxygens (including phenoxy) is 1. The third-order valence-corrected chi connectivity index (χ3v) is 2.82. The van der Waals surface area contributed by atoms with Crippen LogP contribution in [0.4, 0.5) is 0 Å². The molecule has 0 amide bonds. The van der Waals surface area contributed by atoms with Crippen LogP contribution in [-0.2, 0) is 25.2 Å². The largest absolute Gasteiger partial charge is 0.147 e. The van der Waals surface area contributed by atoms with Crippen molar-refractivity contribution >= 4 is 24.8 Å². The van der Waals surface area contributed by atoms with E-state index in [9.17, 15) is 0 Å². The third-order valence-electron chi connectivity index (χ3n) is 2.05. The summed E-state index contributed by atoms with van der Waals surface area (Å²) in [6.07, 6.45) is 6.93. The van der Waals surface area contributed by atoms with Crippen LogP contribution in [0.25, 0.3) is 0 Å². The second-order valence-corrected chi connectivity index (χ2v) is 3.84. The molecule has 14 heavy (non-hydrogen) atoms. The van der Waals surface area contributed by atoms with Crippen LogP contribution in [0.5, 0.6) is 0 Å². The Morgan fingerprint density at radius 3 is 2.43 bits per heavy atom. The Hall–Kier alpha value is 0.734. The summed E-state index contributed by atoms with van der Waals surface area (Å²) in [6, 6.07) is 0. The molecule has 0 aromatic carbocycles. The summed E-state index contributed by atoms with van der Waals surface area (Å²) in [6.45, 7) is 5.03. The molecule has 0 aliphatic heterocycles. The second-order valence-electron chi connectivity index (χ2n) is 2.89. The van der Waals surface area contributed by atoms with Crippen LogP contribution < -0.4 is 0 Å². The molecule has 1 aliphatic rings. The molecule has 1 unspecified atom stereocenters. The van der Waals surface area contributed by atoms with Crippen molar-refractivity contribution in [1.29, 1.82) is 0 Å². The van der Waals surface area contributed by atoms with E-state index in [2.05, 4.69) is 46.4 Å². The zero-order valence-corrected chi connectivity index (χ0v) is 11.8. The molecule has 0 aromatic heterocycles. The smallest absolute Gasteiger partial charge is 0.147 e. The average Bonchev–Trinajstić information content (AvgIpc) is 2.47. The van der Waals surface area contributed by atoms with Crippen molar-refractivity contribution in [2.24, 2.45) is 0 Å². The summed E-state index contributed by atoms with van der Waals surface area (Å²) in [5.41, 5.74) is 1.40. The zero-order valence-electron chi connectivity index (χ0n) is 8.58. The quantitative estimate of drug-likeness (QED) is 0.712. The van der Waals surface area contributed by atoms with Crippen LogP contribution in [0.15, 0.2) is 21.6 Å². The zero-order chi connectivity index (χ0) is 8.97. The van der Waals surface area contributed by atoms with E-state index in [1.807, 2.05) is 0 Å². The minimum absolute atomic E-state index is 0. The van der Waals surface area contributed by atoms with Crippen LogP contribution in [0.1, 0.15) is 26.7 Å². The number of hydrogen-bond acceptors (Lipinski definition) is 1. The van der Waals surface area contributed by atoms with Gasteiger partial charge in [-0.2, -0.15) is 0 Å². The van der Waals surface area contributed by atoms with Gasteiger partial charge in [0, 0.05) is 0 Å². The topological polar surface area (TPSA) is 9.23 Å². The molecular formula is C10H17Cl2OTi. The normalized spacial score (nSPS) is 16.1. The maximum atomic E-state index is 5.64. The fraction of sp³-hybridized carbons (Fsp3) is 0.600. The molecule has 0 spiro atoms. The van der Waals surface area contributed by atoms with Gasteiger partial charge in [0.2, 0.25) is 0 Å². The van der Waals surface area contributed by atoms with Crippen molar-refractivity contribution in [1.82, 2.24) is 0 Å². The van der Waals surface area contributed by atoms with Crippen molar-refractivity contribution in [3.63, 3.8) is 0 Å². The molecular weight excluding hydrogens is 255 g/mol. The van der Waals surface area contributed by atoms with Crippen molar-refractivity contribution in [3.05, 3.63) is 21.6 Å². The maximum absolute atomic E-state index is 5.64. The van der Waals surface area contributed by atoms with Gasteiger partial charge in [-0.25, -0.2) is 0 Å². The summed E-state index contributed by atoms with van der Waals surface area (Å²) < 4.78 is 7.10. The van der Waals surface area contributed by atoms with E-state index in [4.69, 9.17) is 4.74 Å². The summed E-state index contributed by atoms with van der Waals surface area (Å²) in [5.74, 6) is 0. The Morgan fingerprint density at radius 1 is 1.43 bits per heavy atom. The monoisotopic (exact) mass is 271 g/mol. The number of allylic oxidation sites excluding steroid dienone is 2. The van der Waals surface area contributed by atoms with E-state index >= 15 is 0 Å². The van der Waals surface area contributed by atoms with Gasteiger partial charge in [-0.1, -0.05) is 0 Å². The molecule has 1 rings (SSSR count). The fourth-order valence-corrected chi connectivity index (χ4v) is 2.02. The predicted octanol–water partition coefficient (Wildman–Crippen LogP) is 3.41. The van der Waals surface area contributed by atoms with Gasteiger partial charge in [-0.15, -0.1) is 24.8 Å². The first-order valence-electron chi connectivity index (χ1n) is 4.52. The van der Waals surface area contributed by atoms with Crippen LogP contribution in [0.2, 0.25) is 0 Å². The first kappa shape index (κ1) is 17.1. The van der Waals surface area contributed by atoms with E-state index in [-0.39, 0.29) is 24.8 Å². The molecule has 1 nitrogen and oxygen atoms in total. The standard InChI is InChI=1S/C10H15O.2ClH.Ti/c1-3-10(11-4-2)9-7-5-6-8-9;;;/h5,7,10H,3-4,6H2,1-2H3;2*1H;. The van der Waals surface area contributed by atoms with E-state index < -0.39 is 0 Å². The van der Waals surface area contributed by atoms with E-state index in [0.29, 0.717) is 6.10 Å². The van der Waals surface area contributed by atoms with E-state index in [0.717, 1.165) is 19.4 Å². The predicted molar refractivity (Wildman–Crippen MR) is 61.0 cm³/mol. The Bertz CT molecular complexity index is 214. The van der Waals surface area contributed by atoms with Gasteiger partial charge in [0.05, 0.1) is 0 Å². The molecule has 0 radical (unpaired) electrons. The first-order chi connectivity index (χ1) is 5.79. The van der Waals surface area contributed by atoms with Gasteiger partial charge >= 0.3 is 86.2 Å². The van der Waals surface area contributed by atoms with Crippen molar-refractivity contribution in [3.8, 4) is 0 Å². The maximum Gasteiger partial charge on any atom is -0.147 e. The van der Waals surface area contributed by atoms with Gasteiger partial charge in [0.1, 0.15) is 0 Å². The molecule has 1 aliphatic carbocycles. The number of hydrogen-bond donors (Lipinski definition) is 0. The van der Waals surface area contributed by atoms with Gasteiger partial charge in [0.25, 0.3) is 0 Å². The minimum atomic E-state index is 0. The van der Waals surface area contributed by atoms with Crippen LogP contribution in [0.3, 0.4) is 0 Å². The Balaban J connectivity index is 0. The van der Waals surface area contributed by atoms with Crippen molar-refractivity contribution < 1.29 is 25.2 Å². The Morgan fingerprint density at radius 2 is 2.07 bits per heavy atom. The Labute approximate surface area is 111 Å². The molecule has 1 atom stereocenters. The third kappa shape index (κ3) is 4.50. The molecule has 0 N–H and O–H groups in total. The molecule has 81 valence electrons. The SMILES string of the molecule is CCOC(CC)C1=[C]([Ti])CC=C1.Cl.Cl. The van der Waals surface area contributed by atoms with E-state index in [1.165, 1.54) is 9.45 Å². The minimum Gasteiger partial charge on any atom is -0.147 e. The summed E-state index contributed by atoms with van der Waals surface area (Å²) in [4.78, 5) is 0. The summed E-state index contributed by atoms with van der Waals surface area (Å²) in [5, 5.41) is 0. The van der Waals surface area contributed by atoms with Crippen LogP contribution in [-0.4, -0.2) is 12.7 Å². The number of rotatable bonds is 4. The average molecular weight is 272 g/mol. The van der Waals surface area contributed by atoms with Crippen molar-refractivity contribution in [2.75, 3.05) is 6.61 Å². The first-order valence-corrected chi connectivity index (χ1v) is 5.30. The summed E-state index contributed by atoms with van der Waals surface area (Å²) in [7, 11) is 0. The molecule has 0 aromatic rings. The fourth-order valence-electron chi connectivity index (χ4n) is 1.45. The number of halogens is 2. The molecule has 0 saturated heterocycles. The van der Waals surface area contributed by atoms with Crippen LogP contribution >= 0.6 is 24.8 Å². The van der Waals surface area contributed by atoms with Gasteiger partial charge < -0.3 is 0 Å². The molecule has 0 fully saturated rings. The molecule has 0 bridgehead atoms. The van der Waals surface area contributed by atoms with Gasteiger partial charge in [0.15, 0.2) is 0 Å². The van der Waals surface area contributed by atoms with E-state index in [1.54, 1.807) is 0 Å².